The zero-order valence-corrected chi connectivity index (χ0v) is 12.8. The maximum Gasteiger partial charge on any atom is 0.367 e. The van der Waals surface area contributed by atoms with E-state index in [9.17, 15) is 9.67 Å². The summed E-state index contributed by atoms with van der Waals surface area (Å²) < 4.78 is 24.0. The molecule has 0 bridgehead atoms. The lowest BCUT2D eigenvalue weighted by atomic mass is 10.3. The van der Waals surface area contributed by atoms with E-state index in [0.29, 0.717) is 5.69 Å². The van der Waals surface area contributed by atoms with Gasteiger partial charge in [-0.1, -0.05) is 15.9 Å². The molecule has 8 heteroatoms. The minimum atomic E-state index is -3.52. The molecule has 6 nitrogen and oxygen atoms in total. The van der Waals surface area contributed by atoms with E-state index in [0.717, 1.165) is 4.47 Å². The zero-order valence-electron chi connectivity index (χ0n) is 10.3. The molecule has 0 saturated carbocycles. The molecule has 1 aromatic carbocycles. The first-order chi connectivity index (χ1) is 9.01. The fourth-order valence-electron chi connectivity index (χ4n) is 1.57. The van der Waals surface area contributed by atoms with Crippen LogP contribution in [0.4, 0.5) is 0 Å². The molecule has 0 saturated heterocycles. The van der Waals surface area contributed by atoms with Crippen molar-refractivity contribution in [2.24, 2.45) is 0 Å². The summed E-state index contributed by atoms with van der Waals surface area (Å²) in [4.78, 5) is 0. The molecular formula is C11H12BrN2O4P. The van der Waals surface area contributed by atoms with Gasteiger partial charge >= 0.3 is 7.60 Å². The van der Waals surface area contributed by atoms with E-state index in [1.165, 1.54) is 25.1 Å². The van der Waals surface area contributed by atoms with Crippen LogP contribution < -0.4 is 5.30 Å². The van der Waals surface area contributed by atoms with Gasteiger partial charge in [0, 0.05) is 18.7 Å². The molecule has 1 heterocycles. The number of rotatable bonds is 4. The van der Waals surface area contributed by atoms with E-state index in [1.807, 2.05) is 12.1 Å². The minimum Gasteiger partial charge on any atom is -0.493 e. The Morgan fingerprint density at radius 1 is 1.26 bits per heavy atom. The molecule has 0 amide bonds. The minimum absolute atomic E-state index is 0.0282. The third-order valence-electron chi connectivity index (χ3n) is 2.57. The number of aromatic hydroxyl groups is 1. The van der Waals surface area contributed by atoms with E-state index in [1.54, 1.807) is 12.1 Å². The SMILES string of the molecule is COP(=O)(OC)c1cnn(-c2ccc(Br)cc2)c1O. The number of aromatic nitrogens is 2. The second kappa shape index (κ2) is 5.46. The van der Waals surface area contributed by atoms with Gasteiger partial charge in [0.2, 0.25) is 5.88 Å². The number of benzene rings is 1. The maximum atomic E-state index is 12.2. The van der Waals surface area contributed by atoms with Gasteiger partial charge in [0.05, 0.1) is 11.9 Å². The molecule has 0 aliphatic rings. The maximum absolute atomic E-state index is 12.2. The van der Waals surface area contributed by atoms with Gasteiger partial charge in [-0.15, -0.1) is 0 Å². The number of hydrogen-bond donors (Lipinski definition) is 1. The van der Waals surface area contributed by atoms with Crippen molar-refractivity contribution in [3.05, 3.63) is 34.9 Å². The predicted octanol–water partition coefficient (Wildman–Crippen LogP) is 2.45. The Labute approximate surface area is 118 Å². The van der Waals surface area contributed by atoms with Crippen molar-refractivity contribution in [1.29, 1.82) is 0 Å². The fraction of sp³-hybridized carbons (Fsp3) is 0.182. The zero-order chi connectivity index (χ0) is 14.0. The molecular weight excluding hydrogens is 335 g/mol. The van der Waals surface area contributed by atoms with Crippen LogP contribution >= 0.6 is 23.5 Å². The van der Waals surface area contributed by atoms with Crippen LogP contribution in [0.1, 0.15) is 0 Å². The van der Waals surface area contributed by atoms with E-state index in [-0.39, 0.29) is 11.2 Å². The average molecular weight is 347 g/mol. The molecule has 0 aliphatic heterocycles. The Hall–Kier alpha value is -1.14. The lowest BCUT2D eigenvalue weighted by Gasteiger charge is -2.12. The molecule has 0 unspecified atom stereocenters. The molecule has 1 N–H and O–H groups in total. The van der Waals surface area contributed by atoms with Gasteiger partial charge in [-0.25, -0.2) is 4.68 Å². The molecule has 0 radical (unpaired) electrons. The van der Waals surface area contributed by atoms with Crippen LogP contribution in [0.2, 0.25) is 0 Å². The first-order valence-electron chi connectivity index (χ1n) is 5.27. The number of halogens is 1. The summed E-state index contributed by atoms with van der Waals surface area (Å²) in [5.74, 6) is -0.269. The largest absolute Gasteiger partial charge is 0.493 e. The van der Waals surface area contributed by atoms with Crippen molar-refractivity contribution >= 4 is 28.8 Å². The molecule has 2 rings (SSSR count). The van der Waals surface area contributed by atoms with E-state index < -0.39 is 7.60 Å². The van der Waals surface area contributed by atoms with Crippen LogP contribution in [0, 0.1) is 0 Å². The van der Waals surface area contributed by atoms with Gasteiger partial charge in [-0.05, 0) is 24.3 Å². The van der Waals surface area contributed by atoms with E-state index in [2.05, 4.69) is 21.0 Å². The summed E-state index contributed by atoms with van der Waals surface area (Å²) in [5, 5.41) is 14.1. The molecule has 0 spiro atoms. The van der Waals surface area contributed by atoms with Gasteiger partial charge in [-0.2, -0.15) is 5.10 Å². The van der Waals surface area contributed by atoms with Gasteiger partial charge in [0.25, 0.3) is 0 Å². The van der Waals surface area contributed by atoms with Crippen molar-refractivity contribution in [3.63, 3.8) is 0 Å². The van der Waals surface area contributed by atoms with Gasteiger partial charge in [-0.3, -0.25) is 4.57 Å². The van der Waals surface area contributed by atoms with Crippen molar-refractivity contribution in [2.45, 2.75) is 0 Å². The number of hydrogen-bond acceptors (Lipinski definition) is 5. The highest BCUT2D eigenvalue weighted by molar-refractivity contribution is 9.10. The second-order valence-electron chi connectivity index (χ2n) is 3.60. The Morgan fingerprint density at radius 3 is 2.37 bits per heavy atom. The molecule has 1 aromatic heterocycles. The summed E-state index contributed by atoms with van der Waals surface area (Å²) in [6, 6.07) is 7.13. The highest BCUT2D eigenvalue weighted by atomic mass is 79.9. The number of nitrogens with zero attached hydrogens (tertiary/aromatic N) is 2. The normalized spacial score (nSPS) is 11.7. The summed E-state index contributed by atoms with van der Waals surface area (Å²) in [7, 11) is -1.02. The Bertz CT molecular complexity index is 618. The Morgan fingerprint density at radius 2 is 1.84 bits per heavy atom. The van der Waals surface area contributed by atoms with E-state index in [4.69, 9.17) is 9.05 Å². The molecule has 0 atom stereocenters. The van der Waals surface area contributed by atoms with Crippen LogP contribution in [0.15, 0.2) is 34.9 Å². The first-order valence-corrected chi connectivity index (χ1v) is 7.60. The van der Waals surface area contributed by atoms with Crippen LogP contribution in [0.3, 0.4) is 0 Å². The van der Waals surface area contributed by atoms with Crippen LogP contribution in [0.5, 0.6) is 5.88 Å². The lowest BCUT2D eigenvalue weighted by molar-refractivity contribution is 0.286. The molecule has 2 aromatic rings. The standard InChI is InChI=1S/C11H12BrN2O4P/c1-17-19(16,18-2)10-7-13-14(11(10)15)9-5-3-8(12)4-6-9/h3-7,15H,1-2H3. The quantitative estimate of drug-likeness (QED) is 0.860. The van der Waals surface area contributed by atoms with Crippen molar-refractivity contribution < 1.29 is 18.7 Å². The highest BCUT2D eigenvalue weighted by Crippen LogP contribution is 2.47. The van der Waals surface area contributed by atoms with Crippen molar-refractivity contribution in [2.75, 3.05) is 14.2 Å². The second-order valence-corrected chi connectivity index (χ2v) is 6.73. The average Bonchev–Trinajstić information content (AvgIpc) is 2.81. The third kappa shape index (κ3) is 2.60. The first kappa shape index (κ1) is 14.3. The Balaban J connectivity index is 2.49. The molecule has 0 fully saturated rings. The van der Waals surface area contributed by atoms with Gasteiger partial charge < -0.3 is 14.2 Å². The Kier molecular flexibility index (Phi) is 4.10. The van der Waals surface area contributed by atoms with Gasteiger partial charge in [0.1, 0.15) is 5.30 Å². The van der Waals surface area contributed by atoms with Crippen molar-refractivity contribution in [3.8, 4) is 11.6 Å². The van der Waals surface area contributed by atoms with Crippen LogP contribution in [0.25, 0.3) is 5.69 Å². The predicted molar refractivity (Wildman–Crippen MR) is 74.2 cm³/mol. The van der Waals surface area contributed by atoms with Crippen LogP contribution in [-0.4, -0.2) is 29.1 Å². The topological polar surface area (TPSA) is 73.6 Å². The monoisotopic (exact) mass is 346 g/mol. The summed E-state index contributed by atoms with van der Waals surface area (Å²) >= 11 is 3.32. The summed E-state index contributed by atoms with van der Waals surface area (Å²) in [6.45, 7) is 0. The third-order valence-corrected chi connectivity index (χ3v) is 4.97. The highest BCUT2D eigenvalue weighted by Gasteiger charge is 2.31. The molecule has 102 valence electrons. The smallest absolute Gasteiger partial charge is 0.367 e. The van der Waals surface area contributed by atoms with E-state index >= 15 is 0 Å². The fourth-order valence-corrected chi connectivity index (χ4v) is 2.91. The van der Waals surface area contributed by atoms with Gasteiger partial charge in [0.15, 0.2) is 0 Å². The van der Waals surface area contributed by atoms with Crippen LogP contribution in [-0.2, 0) is 13.6 Å². The van der Waals surface area contributed by atoms with Crippen molar-refractivity contribution in [1.82, 2.24) is 9.78 Å². The summed E-state index contributed by atoms with van der Waals surface area (Å²) in [5.41, 5.74) is 0.630. The lowest BCUT2D eigenvalue weighted by Crippen LogP contribution is -2.07. The molecule has 19 heavy (non-hydrogen) atoms. The molecule has 0 aliphatic carbocycles. The summed E-state index contributed by atoms with van der Waals surface area (Å²) in [6.07, 6.45) is 1.27.